The molecular formula is C17H22FN3OS. The fourth-order valence-electron chi connectivity index (χ4n) is 2.39. The molecule has 0 saturated heterocycles. The number of halogens is 1. The highest BCUT2D eigenvalue weighted by atomic mass is 32.1. The minimum absolute atomic E-state index is 0.0723. The van der Waals surface area contributed by atoms with Crippen molar-refractivity contribution in [1.29, 1.82) is 0 Å². The molecule has 0 bridgehead atoms. The highest BCUT2D eigenvalue weighted by molar-refractivity contribution is 7.09. The van der Waals surface area contributed by atoms with Gasteiger partial charge in [0.1, 0.15) is 11.9 Å². The van der Waals surface area contributed by atoms with Crippen LogP contribution in [0.3, 0.4) is 0 Å². The van der Waals surface area contributed by atoms with Crippen molar-refractivity contribution >= 4 is 17.2 Å². The van der Waals surface area contributed by atoms with E-state index in [1.165, 1.54) is 12.1 Å². The van der Waals surface area contributed by atoms with Gasteiger partial charge in [0.05, 0.1) is 5.01 Å². The Bertz CT molecular complexity index is 640. The smallest absolute Gasteiger partial charge is 0.241 e. The average Bonchev–Trinajstić information content (AvgIpc) is 2.91. The number of likely N-dealkylation sites (N-methyl/N-ethyl adjacent to an activating group) is 1. The maximum absolute atomic E-state index is 13.0. The number of nitrogens with one attached hydrogen (secondary N) is 1. The number of amides is 1. The van der Waals surface area contributed by atoms with Crippen LogP contribution >= 0.6 is 11.3 Å². The Hall–Kier alpha value is -1.79. The maximum atomic E-state index is 13.0. The molecule has 6 heteroatoms. The molecule has 0 fully saturated rings. The van der Waals surface area contributed by atoms with E-state index >= 15 is 0 Å². The third kappa shape index (κ3) is 5.11. The second-order valence-corrected chi connectivity index (χ2v) is 6.64. The van der Waals surface area contributed by atoms with Gasteiger partial charge in [-0.3, -0.25) is 9.69 Å². The van der Waals surface area contributed by atoms with Crippen molar-refractivity contribution in [2.75, 3.05) is 20.6 Å². The first-order chi connectivity index (χ1) is 11.0. The highest BCUT2D eigenvalue weighted by Crippen LogP contribution is 2.19. The summed E-state index contributed by atoms with van der Waals surface area (Å²) in [5.41, 5.74) is 1.82. The summed E-state index contributed by atoms with van der Waals surface area (Å²) in [4.78, 5) is 18.7. The summed E-state index contributed by atoms with van der Waals surface area (Å²) in [6, 6.07) is 5.64. The van der Waals surface area contributed by atoms with Gasteiger partial charge >= 0.3 is 0 Å². The van der Waals surface area contributed by atoms with Gasteiger partial charge in [0, 0.05) is 24.0 Å². The molecule has 23 heavy (non-hydrogen) atoms. The first-order valence-corrected chi connectivity index (χ1v) is 8.46. The topological polar surface area (TPSA) is 45.2 Å². The lowest BCUT2D eigenvalue weighted by molar-refractivity contribution is -0.125. The third-order valence-corrected chi connectivity index (χ3v) is 4.51. The van der Waals surface area contributed by atoms with Crippen molar-refractivity contribution in [1.82, 2.24) is 15.2 Å². The fraction of sp³-hybridized carbons (Fsp3) is 0.412. The van der Waals surface area contributed by atoms with Gasteiger partial charge in [-0.15, -0.1) is 11.3 Å². The van der Waals surface area contributed by atoms with Crippen LogP contribution in [0.5, 0.6) is 0 Å². The van der Waals surface area contributed by atoms with Crippen LogP contribution in [0.1, 0.15) is 28.7 Å². The van der Waals surface area contributed by atoms with Gasteiger partial charge in [0.25, 0.3) is 0 Å². The molecule has 1 aromatic carbocycles. The standard InChI is InChI=1S/C17H22FN3OS/c1-12-11-23-15(20-12)5-4-10-19-17(22)16(21(2)3)13-6-8-14(18)9-7-13/h6-9,11,16H,4-5,10H2,1-3H3,(H,19,22)/t16-/m0/s1. The Morgan fingerprint density at radius 3 is 2.61 bits per heavy atom. The largest absolute Gasteiger partial charge is 0.354 e. The summed E-state index contributed by atoms with van der Waals surface area (Å²) in [5.74, 6) is -0.373. The fourth-order valence-corrected chi connectivity index (χ4v) is 3.21. The molecule has 1 N–H and O–H groups in total. The number of aryl methyl sites for hydroxylation is 2. The molecule has 1 aromatic heterocycles. The Kier molecular flexibility index (Phi) is 6.24. The molecule has 0 spiro atoms. The molecule has 0 aliphatic carbocycles. The van der Waals surface area contributed by atoms with Crippen molar-refractivity contribution in [2.24, 2.45) is 0 Å². The Morgan fingerprint density at radius 1 is 1.35 bits per heavy atom. The molecule has 0 radical (unpaired) electrons. The number of aromatic nitrogens is 1. The van der Waals surface area contributed by atoms with Crippen LogP contribution in [0, 0.1) is 12.7 Å². The number of carbonyl (C=O) groups excluding carboxylic acids is 1. The van der Waals surface area contributed by atoms with E-state index in [0.717, 1.165) is 29.1 Å². The highest BCUT2D eigenvalue weighted by Gasteiger charge is 2.22. The molecule has 124 valence electrons. The molecule has 0 aliphatic heterocycles. The summed E-state index contributed by atoms with van der Waals surface area (Å²) >= 11 is 1.65. The van der Waals surface area contributed by atoms with Gasteiger partial charge in [-0.25, -0.2) is 9.37 Å². The lowest BCUT2D eigenvalue weighted by Gasteiger charge is -2.23. The lowest BCUT2D eigenvalue weighted by atomic mass is 10.1. The van der Waals surface area contributed by atoms with Crippen LogP contribution < -0.4 is 5.32 Å². The average molecular weight is 335 g/mol. The Labute approximate surface area is 140 Å². The number of benzene rings is 1. The number of hydrogen-bond acceptors (Lipinski definition) is 4. The van der Waals surface area contributed by atoms with E-state index in [4.69, 9.17) is 0 Å². The third-order valence-electron chi connectivity index (χ3n) is 3.48. The molecule has 0 saturated carbocycles. The predicted octanol–water partition coefficient (Wildman–Crippen LogP) is 2.94. The van der Waals surface area contributed by atoms with E-state index in [2.05, 4.69) is 10.3 Å². The van der Waals surface area contributed by atoms with Crippen molar-refractivity contribution in [3.8, 4) is 0 Å². The molecular weight excluding hydrogens is 313 g/mol. The van der Waals surface area contributed by atoms with Crippen molar-refractivity contribution in [2.45, 2.75) is 25.8 Å². The molecule has 1 atom stereocenters. The van der Waals surface area contributed by atoms with Gasteiger partial charge in [-0.1, -0.05) is 12.1 Å². The monoisotopic (exact) mass is 335 g/mol. The van der Waals surface area contributed by atoms with Crippen LogP contribution in [-0.4, -0.2) is 36.4 Å². The SMILES string of the molecule is Cc1csc(CCCNC(=O)[C@H](c2ccc(F)cc2)N(C)C)n1. The van der Waals surface area contributed by atoms with Crippen molar-refractivity contribution in [3.63, 3.8) is 0 Å². The first kappa shape index (κ1) is 17.6. The Morgan fingerprint density at radius 2 is 2.04 bits per heavy atom. The second kappa shape index (κ2) is 8.17. The Balaban J connectivity index is 1.87. The molecule has 0 aliphatic rings. The second-order valence-electron chi connectivity index (χ2n) is 5.69. The molecule has 0 unspecified atom stereocenters. The van der Waals surface area contributed by atoms with Gasteiger partial charge in [0.15, 0.2) is 0 Å². The number of hydrogen-bond donors (Lipinski definition) is 1. The number of thiazole rings is 1. The van der Waals surface area contributed by atoms with Crippen LogP contribution in [0.25, 0.3) is 0 Å². The first-order valence-electron chi connectivity index (χ1n) is 7.58. The zero-order valence-electron chi connectivity index (χ0n) is 13.7. The zero-order chi connectivity index (χ0) is 16.8. The van der Waals surface area contributed by atoms with E-state index in [9.17, 15) is 9.18 Å². The maximum Gasteiger partial charge on any atom is 0.241 e. The van der Waals surface area contributed by atoms with Crippen LogP contribution in [0.4, 0.5) is 4.39 Å². The summed E-state index contributed by atoms with van der Waals surface area (Å²) in [6.07, 6.45) is 1.71. The van der Waals surface area contributed by atoms with E-state index in [1.54, 1.807) is 23.5 Å². The summed E-state index contributed by atoms with van der Waals surface area (Å²) in [7, 11) is 3.68. The predicted molar refractivity (Wildman–Crippen MR) is 91.0 cm³/mol. The van der Waals surface area contributed by atoms with Gasteiger partial charge in [-0.2, -0.15) is 0 Å². The van der Waals surface area contributed by atoms with E-state index in [1.807, 2.05) is 31.3 Å². The minimum atomic E-state index is -0.419. The summed E-state index contributed by atoms with van der Waals surface area (Å²) in [5, 5.41) is 6.09. The van der Waals surface area contributed by atoms with Crippen molar-refractivity contribution in [3.05, 3.63) is 51.7 Å². The quantitative estimate of drug-likeness (QED) is 0.791. The number of rotatable bonds is 7. The number of carbonyl (C=O) groups is 1. The van der Waals surface area contributed by atoms with Crippen LogP contribution in [0.2, 0.25) is 0 Å². The minimum Gasteiger partial charge on any atom is -0.354 e. The van der Waals surface area contributed by atoms with Crippen molar-refractivity contribution < 1.29 is 9.18 Å². The molecule has 4 nitrogen and oxygen atoms in total. The van der Waals surface area contributed by atoms with Gasteiger partial charge < -0.3 is 5.32 Å². The van der Waals surface area contributed by atoms with Gasteiger partial charge in [0.2, 0.25) is 5.91 Å². The molecule has 2 rings (SSSR count). The molecule has 1 amide bonds. The van der Waals surface area contributed by atoms with Crippen LogP contribution in [-0.2, 0) is 11.2 Å². The zero-order valence-corrected chi connectivity index (χ0v) is 14.5. The summed E-state index contributed by atoms with van der Waals surface area (Å²) < 4.78 is 13.0. The lowest BCUT2D eigenvalue weighted by Crippen LogP contribution is -2.37. The molecule has 1 heterocycles. The van der Waals surface area contributed by atoms with E-state index < -0.39 is 6.04 Å². The van der Waals surface area contributed by atoms with E-state index in [-0.39, 0.29) is 11.7 Å². The van der Waals surface area contributed by atoms with Crippen LogP contribution in [0.15, 0.2) is 29.6 Å². The van der Waals surface area contributed by atoms with Gasteiger partial charge in [-0.05, 0) is 45.1 Å². The normalized spacial score (nSPS) is 12.4. The molecule has 2 aromatic rings. The summed E-state index contributed by atoms with van der Waals surface area (Å²) in [6.45, 7) is 2.58. The number of nitrogens with zero attached hydrogens (tertiary/aromatic N) is 2. The van der Waals surface area contributed by atoms with E-state index in [0.29, 0.717) is 6.54 Å².